The van der Waals surface area contributed by atoms with Crippen LogP contribution in [0.25, 0.3) is 22.1 Å². The topological polar surface area (TPSA) is 132 Å². The molecule has 4 aromatic rings. The van der Waals surface area contributed by atoms with Crippen LogP contribution in [0.2, 0.25) is 0 Å². The van der Waals surface area contributed by atoms with Gasteiger partial charge in [-0.3, -0.25) is 9.59 Å². The van der Waals surface area contributed by atoms with Crippen LogP contribution in [0.1, 0.15) is 23.5 Å². The van der Waals surface area contributed by atoms with Crippen LogP contribution in [0.3, 0.4) is 0 Å². The summed E-state index contributed by atoms with van der Waals surface area (Å²) in [7, 11) is 1.27. The average Bonchev–Trinajstić information content (AvgIpc) is 2.87. The van der Waals surface area contributed by atoms with Gasteiger partial charge in [0.1, 0.15) is 40.2 Å². The van der Waals surface area contributed by atoms with Crippen molar-refractivity contribution in [1.82, 2.24) is 0 Å². The van der Waals surface area contributed by atoms with Gasteiger partial charge in [0.2, 0.25) is 5.43 Å². The Morgan fingerprint density at radius 1 is 1.06 bits per heavy atom. The van der Waals surface area contributed by atoms with Crippen molar-refractivity contribution in [3.05, 3.63) is 82.2 Å². The summed E-state index contributed by atoms with van der Waals surface area (Å²) < 4.78 is 21.2. The van der Waals surface area contributed by atoms with Gasteiger partial charge < -0.3 is 28.8 Å². The lowest BCUT2D eigenvalue weighted by molar-refractivity contribution is -0.143. The number of hydrogen-bond acceptors (Lipinski definition) is 9. The summed E-state index contributed by atoms with van der Waals surface area (Å²) in [6, 6.07) is 14.0. The van der Waals surface area contributed by atoms with Crippen molar-refractivity contribution >= 4 is 22.9 Å². The molecule has 0 radical (unpaired) electrons. The second-order valence-electron chi connectivity index (χ2n) is 8.20. The Morgan fingerprint density at radius 3 is 2.47 bits per heavy atom. The van der Waals surface area contributed by atoms with Gasteiger partial charge in [-0.15, -0.1) is 0 Å². The van der Waals surface area contributed by atoms with Crippen LogP contribution in [0.15, 0.2) is 70.1 Å². The third-order valence-corrected chi connectivity index (χ3v) is 6.02. The first kappa shape index (κ1) is 23.0. The first-order valence-electron chi connectivity index (χ1n) is 11.0. The van der Waals surface area contributed by atoms with Gasteiger partial charge in [-0.05, 0) is 35.4 Å². The molecule has 9 nitrogen and oxygen atoms in total. The summed E-state index contributed by atoms with van der Waals surface area (Å²) in [5.41, 5.74) is 1.53. The fourth-order valence-corrected chi connectivity index (χ4v) is 4.25. The molecule has 2 heterocycles. The van der Waals surface area contributed by atoms with Crippen LogP contribution in [0.5, 0.6) is 23.0 Å². The summed E-state index contributed by atoms with van der Waals surface area (Å²) in [5.74, 6) is -1.33. The van der Waals surface area contributed by atoms with Crippen molar-refractivity contribution in [3.63, 3.8) is 0 Å². The second kappa shape index (κ2) is 9.10. The third-order valence-electron chi connectivity index (χ3n) is 6.02. The molecule has 1 aliphatic rings. The number of methoxy groups -OCH3 is 1. The predicted molar refractivity (Wildman–Crippen MR) is 127 cm³/mol. The van der Waals surface area contributed by atoms with E-state index in [1.165, 1.54) is 31.6 Å². The number of fused-ring (bicyclic) bond motifs is 3. The van der Waals surface area contributed by atoms with Crippen LogP contribution in [-0.2, 0) is 14.3 Å². The maximum Gasteiger partial charge on any atom is 0.343 e. The summed E-state index contributed by atoms with van der Waals surface area (Å²) in [5, 5.41) is 20.2. The number of aromatic hydroxyl groups is 2. The maximum atomic E-state index is 13.4. The van der Waals surface area contributed by atoms with E-state index in [4.69, 9.17) is 13.9 Å². The SMILES string of the molecule is COC(=O)COc1ccc([C@@H]2CC(=O)Oc3cc(O)c4c(=O)c(-c5ccc(O)cc5)coc4c32)cc1. The van der Waals surface area contributed by atoms with E-state index in [0.29, 0.717) is 16.9 Å². The summed E-state index contributed by atoms with van der Waals surface area (Å²) in [4.78, 5) is 37.1. The molecule has 0 saturated heterocycles. The van der Waals surface area contributed by atoms with Gasteiger partial charge in [0, 0.05) is 17.5 Å². The Labute approximate surface area is 204 Å². The highest BCUT2D eigenvalue weighted by Gasteiger charge is 2.33. The number of rotatable bonds is 5. The molecule has 5 rings (SSSR count). The van der Waals surface area contributed by atoms with Crippen molar-refractivity contribution in [2.75, 3.05) is 13.7 Å². The molecule has 0 fully saturated rings. The largest absolute Gasteiger partial charge is 0.508 e. The first-order chi connectivity index (χ1) is 17.4. The number of carbonyl (C=O) groups excluding carboxylic acids is 2. The lowest BCUT2D eigenvalue weighted by Crippen LogP contribution is -2.22. The van der Waals surface area contributed by atoms with Crippen molar-refractivity contribution in [3.8, 4) is 34.1 Å². The zero-order chi connectivity index (χ0) is 25.4. The zero-order valence-corrected chi connectivity index (χ0v) is 19.0. The molecule has 182 valence electrons. The van der Waals surface area contributed by atoms with E-state index in [9.17, 15) is 24.6 Å². The zero-order valence-electron chi connectivity index (χ0n) is 19.0. The average molecular weight is 488 g/mol. The third kappa shape index (κ3) is 4.11. The molecule has 9 heteroatoms. The number of carbonyl (C=O) groups is 2. The molecular formula is C27H20O9. The quantitative estimate of drug-likeness (QED) is 0.317. The monoisotopic (exact) mass is 488 g/mol. The van der Waals surface area contributed by atoms with E-state index in [1.54, 1.807) is 36.4 Å². The molecule has 1 aromatic heterocycles. The van der Waals surface area contributed by atoms with E-state index in [2.05, 4.69) is 4.74 Å². The van der Waals surface area contributed by atoms with Gasteiger partial charge in [0.15, 0.2) is 6.61 Å². The molecule has 0 spiro atoms. The molecule has 3 aromatic carbocycles. The van der Waals surface area contributed by atoms with E-state index in [-0.39, 0.29) is 46.8 Å². The number of phenols is 2. The molecule has 0 bridgehead atoms. The molecule has 36 heavy (non-hydrogen) atoms. The highest BCUT2D eigenvalue weighted by molar-refractivity contribution is 5.94. The van der Waals surface area contributed by atoms with E-state index >= 15 is 0 Å². The maximum absolute atomic E-state index is 13.4. The van der Waals surface area contributed by atoms with Crippen LogP contribution in [0.4, 0.5) is 0 Å². The second-order valence-corrected chi connectivity index (χ2v) is 8.20. The van der Waals surface area contributed by atoms with Crippen molar-refractivity contribution in [2.24, 2.45) is 0 Å². The molecule has 0 amide bonds. The fraction of sp³-hybridized carbons (Fsp3) is 0.148. The molecule has 0 unspecified atom stereocenters. The minimum absolute atomic E-state index is 0.0152. The van der Waals surface area contributed by atoms with Gasteiger partial charge >= 0.3 is 11.9 Å². The molecule has 2 N–H and O–H groups in total. The fourth-order valence-electron chi connectivity index (χ4n) is 4.25. The van der Waals surface area contributed by atoms with Gasteiger partial charge in [-0.25, -0.2) is 4.79 Å². The first-order valence-corrected chi connectivity index (χ1v) is 11.0. The number of benzene rings is 3. The smallest absolute Gasteiger partial charge is 0.343 e. The van der Waals surface area contributed by atoms with E-state index in [1.807, 2.05) is 0 Å². The Hall–Kier alpha value is -4.79. The minimum atomic E-state index is -0.526. The van der Waals surface area contributed by atoms with Crippen LogP contribution in [0, 0.1) is 0 Å². The molecule has 1 atom stereocenters. The Kier molecular flexibility index (Phi) is 5.81. The van der Waals surface area contributed by atoms with Crippen molar-refractivity contribution in [2.45, 2.75) is 12.3 Å². The van der Waals surface area contributed by atoms with Crippen LogP contribution in [-0.4, -0.2) is 35.9 Å². The lowest BCUT2D eigenvalue weighted by Gasteiger charge is -2.26. The molecule has 0 saturated carbocycles. The highest BCUT2D eigenvalue weighted by Crippen LogP contribution is 2.45. The Balaban J connectivity index is 1.60. The van der Waals surface area contributed by atoms with Gasteiger partial charge in [0.05, 0.1) is 19.1 Å². The molecule has 0 aliphatic carbocycles. The summed E-state index contributed by atoms with van der Waals surface area (Å²) >= 11 is 0. The van der Waals surface area contributed by atoms with Gasteiger partial charge in [-0.2, -0.15) is 0 Å². The number of ether oxygens (including phenoxy) is 3. The number of phenolic OH excluding ortho intramolecular Hbond substituents is 2. The molecular weight excluding hydrogens is 468 g/mol. The Bertz CT molecular complexity index is 1530. The van der Waals surface area contributed by atoms with Crippen LogP contribution >= 0.6 is 0 Å². The Morgan fingerprint density at radius 2 is 1.78 bits per heavy atom. The van der Waals surface area contributed by atoms with Gasteiger partial charge in [-0.1, -0.05) is 24.3 Å². The van der Waals surface area contributed by atoms with Crippen molar-refractivity contribution < 1.29 is 38.4 Å². The lowest BCUT2D eigenvalue weighted by atomic mass is 9.85. The van der Waals surface area contributed by atoms with Crippen LogP contribution < -0.4 is 14.9 Å². The normalized spacial score (nSPS) is 14.7. The molecule has 1 aliphatic heterocycles. The number of hydrogen-bond donors (Lipinski definition) is 2. The minimum Gasteiger partial charge on any atom is -0.508 e. The van der Waals surface area contributed by atoms with E-state index < -0.39 is 23.3 Å². The predicted octanol–water partition coefficient (Wildman–Crippen LogP) is 3.86. The summed E-state index contributed by atoms with van der Waals surface area (Å²) in [6.45, 7) is -0.243. The standard InChI is InChI=1S/C27H20O9/c1-33-23(31)13-34-17-8-4-14(5-9-17)18-10-22(30)36-21-11-20(29)25-26(32)19(12-35-27(25)24(18)21)15-2-6-16(28)7-3-15/h2-9,11-12,18,28-29H,10,13H2,1H3/t18-/m0/s1. The van der Waals surface area contributed by atoms with Gasteiger partial charge in [0.25, 0.3) is 0 Å². The number of esters is 2. The van der Waals surface area contributed by atoms with E-state index in [0.717, 1.165) is 5.56 Å². The summed E-state index contributed by atoms with van der Waals surface area (Å²) in [6.07, 6.45) is 1.27. The highest BCUT2D eigenvalue weighted by atomic mass is 16.6. The van der Waals surface area contributed by atoms with Crippen molar-refractivity contribution in [1.29, 1.82) is 0 Å².